The SMILES string of the molecule is Cc1cc(C2CNC(=O)C2)ccc1NC(=O)OC(C)(C)C. The van der Waals surface area contributed by atoms with E-state index in [9.17, 15) is 9.59 Å². The van der Waals surface area contributed by atoms with E-state index in [-0.39, 0.29) is 11.8 Å². The molecule has 114 valence electrons. The second kappa shape index (κ2) is 5.76. The zero-order chi connectivity index (χ0) is 15.6. The van der Waals surface area contributed by atoms with Crippen LogP contribution < -0.4 is 10.6 Å². The van der Waals surface area contributed by atoms with Gasteiger partial charge < -0.3 is 10.1 Å². The van der Waals surface area contributed by atoms with Crippen LogP contribution in [0.4, 0.5) is 10.5 Å². The van der Waals surface area contributed by atoms with Crippen LogP contribution in [-0.2, 0) is 9.53 Å². The first kappa shape index (κ1) is 15.4. The first-order valence-corrected chi connectivity index (χ1v) is 7.12. The molecule has 5 heteroatoms. The van der Waals surface area contributed by atoms with Crippen LogP contribution in [0, 0.1) is 6.92 Å². The lowest BCUT2D eigenvalue weighted by molar-refractivity contribution is -0.119. The number of hydrogen-bond acceptors (Lipinski definition) is 3. The van der Waals surface area contributed by atoms with Gasteiger partial charge in [0.2, 0.25) is 5.91 Å². The van der Waals surface area contributed by atoms with Crippen molar-refractivity contribution in [1.29, 1.82) is 0 Å². The Hall–Kier alpha value is -2.04. The van der Waals surface area contributed by atoms with Crippen LogP contribution in [0.2, 0.25) is 0 Å². The lowest BCUT2D eigenvalue weighted by Crippen LogP contribution is -2.27. The minimum Gasteiger partial charge on any atom is -0.444 e. The average Bonchev–Trinajstić information content (AvgIpc) is 2.76. The van der Waals surface area contributed by atoms with Crippen molar-refractivity contribution >= 4 is 17.7 Å². The number of nitrogens with one attached hydrogen (secondary N) is 2. The van der Waals surface area contributed by atoms with Crippen LogP contribution in [0.15, 0.2) is 18.2 Å². The van der Waals surface area contributed by atoms with E-state index >= 15 is 0 Å². The molecule has 1 aromatic carbocycles. The molecule has 2 N–H and O–H groups in total. The molecule has 1 heterocycles. The third-order valence-corrected chi connectivity index (χ3v) is 3.33. The van der Waals surface area contributed by atoms with Crippen molar-refractivity contribution in [1.82, 2.24) is 5.32 Å². The number of benzene rings is 1. The molecule has 0 bridgehead atoms. The van der Waals surface area contributed by atoms with E-state index in [1.165, 1.54) is 0 Å². The Labute approximate surface area is 125 Å². The number of carbonyl (C=O) groups excluding carboxylic acids is 2. The van der Waals surface area contributed by atoms with Gasteiger partial charge in [0.1, 0.15) is 5.60 Å². The molecule has 1 unspecified atom stereocenters. The summed E-state index contributed by atoms with van der Waals surface area (Å²) in [6.45, 7) is 8.09. The molecule has 1 aliphatic rings. The Morgan fingerprint density at radius 3 is 2.62 bits per heavy atom. The highest BCUT2D eigenvalue weighted by atomic mass is 16.6. The number of ether oxygens (including phenoxy) is 1. The van der Waals surface area contributed by atoms with Crippen LogP contribution in [-0.4, -0.2) is 24.1 Å². The summed E-state index contributed by atoms with van der Waals surface area (Å²) in [5.74, 6) is 0.306. The summed E-state index contributed by atoms with van der Waals surface area (Å²) < 4.78 is 5.24. The molecule has 1 atom stereocenters. The fraction of sp³-hybridized carbons (Fsp3) is 0.500. The Kier molecular flexibility index (Phi) is 4.21. The zero-order valence-electron chi connectivity index (χ0n) is 12.9. The van der Waals surface area contributed by atoms with E-state index in [4.69, 9.17) is 4.74 Å². The van der Waals surface area contributed by atoms with E-state index in [2.05, 4.69) is 10.6 Å². The van der Waals surface area contributed by atoms with Gasteiger partial charge in [0, 0.05) is 24.6 Å². The number of amides is 2. The van der Waals surface area contributed by atoms with E-state index in [0.29, 0.717) is 13.0 Å². The third kappa shape index (κ3) is 4.21. The quantitative estimate of drug-likeness (QED) is 0.880. The minimum atomic E-state index is -0.520. The van der Waals surface area contributed by atoms with Crippen LogP contribution in [0.25, 0.3) is 0 Å². The van der Waals surface area contributed by atoms with Gasteiger partial charge in [-0.25, -0.2) is 4.79 Å². The van der Waals surface area contributed by atoms with Gasteiger partial charge in [0.25, 0.3) is 0 Å². The predicted molar refractivity (Wildman–Crippen MR) is 81.4 cm³/mol. The average molecular weight is 290 g/mol. The van der Waals surface area contributed by atoms with Gasteiger partial charge in [-0.15, -0.1) is 0 Å². The molecule has 0 spiro atoms. The Balaban J connectivity index is 2.06. The van der Waals surface area contributed by atoms with Gasteiger partial charge in [-0.3, -0.25) is 10.1 Å². The highest BCUT2D eigenvalue weighted by Crippen LogP contribution is 2.27. The lowest BCUT2D eigenvalue weighted by Gasteiger charge is -2.20. The Morgan fingerprint density at radius 1 is 1.38 bits per heavy atom. The van der Waals surface area contributed by atoms with Crippen molar-refractivity contribution in [3.63, 3.8) is 0 Å². The number of carbonyl (C=O) groups is 2. The standard InChI is InChI=1S/C16H22N2O3/c1-10-7-11(12-8-14(19)17-9-12)5-6-13(10)18-15(20)21-16(2,3)4/h5-7,12H,8-9H2,1-4H3,(H,17,19)(H,18,20). The van der Waals surface area contributed by atoms with Crippen LogP contribution in [0.1, 0.15) is 44.2 Å². The lowest BCUT2D eigenvalue weighted by atomic mass is 9.96. The van der Waals surface area contributed by atoms with Crippen LogP contribution in [0.5, 0.6) is 0 Å². The van der Waals surface area contributed by atoms with Gasteiger partial charge in [-0.2, -0.15) is 0 Å². The predicted octanol–water partition coefficient (Wildman–Crippen LogP) is 2.95. The second-order valence-corrected chi connectivity index (χ2v) is 6.41. The summed E-state index contributed by atoms with van der Waals surface area (Å²) >= 11 is 0. The summed E-state index contributed by atoms with van der Waals surface area (Å²) in [5.41, 5.74) is 2.27. The molecule has 0 aliphatic carbocycles. The Bertz CT molecular complexity index is 561. The van der Waals surface area contributed by atoms with Gasteiger partial charge in [-0.05, 0) is 44.9 Å². The van der Waals surface area contributed by atoms with Crippen molar-refractivity contribution < 1.29 is 14.3 Å². The van der Waals surface area contributed by atoms with E-state index in [0.717, 1.165) is 16.8 Å². The summed E-state index contributed by atoms with van der Waals surface area (Å²) in [6.07, 6.45) is 0.0641. The minimum absolute atomic E-state index is 0.0913. The largest absolute Gasteiger partial charge is 0.444 e. The highest BCUT2D eigenvalue weighted by molar-refractivity contribution is 5.86. The normalized spacial score (nSPS) is 18.3. The van der Waals surface area contributed by atoms with Crippen molar-refractivity contribution in [3.8, 4) is 0 Å². The number of rotatable bonds is 2. The van der Waals surface area contributed by atoms with Crippen molar-refractivity contribution in [3.05, 3.63) is 29.3 Å². The summed E-state index contributed by atoms with van der Waals surface area (Å²) in [7, 11) is 0. The van der Waals surface area contributed by atoms with Gasteiger partial charge in [0.05, 0.1) is 0 Å². The summed E-state index contributed by atoms with van der Waals surface area (Å²) in [5, 5.41) is 5.58. The fourth-order valence-electron chi connectivity index (χ4n) is 2.34. The molecule has 0 saturated carbocycles. The number of anilines is 1. The fourth-order valence-corrected chi connectivity index (χ4v) is 2.34. The molecule has 1 aliphatic heterocycles. The van der Waals surface area contributed by atoms with Crippen molar-refractivity contribution in [2.75, 3.05) is 11.9 Å². The first-order chi connectivity index (χ1) is 9.74. The highest BCUT2D eigenvalue weighted by Gasteiger charge is 2.23. The molecule has 0 aromatic heterocycles. The molecule has 1 aromatic rings. The second-order valence-electron chi connectivity index (χ2n) is 6.41. The maximum absolute atomic E-state index is 11.8. The number of hydrogen-bond donors (Lipinski definition) is 2. The van der Waals surface area contributed by atoms with Crippen LogP contribution >= 0.6 is 0 Å². The third-order valence-electron chi connectivity index (χ3n) is 3.33. The molecular weight excluding hydrogens is 268 g/mol. The number of aryl methyl sites for hydroxylation is 1. The molecule has 5 nitrogen and oxygen atoms in total. The van der Waals surface area contributed by atoms with E-state index in [1.54, 1.807) is 0 Å². The summed E-state index contributed by atoms with van der Waals surface area (Å²) in [4.78, 5) is 23.0. The molecule has 21 heavy (non-hydrogen) atoms. The summed E-state index contributed by atoms with van der Waals surface area (Å²) in [6, 6.07) is 5.82. The zero-order valence-corrected chi connectivity index (χ0v) is 12.9. The van der Waals surface area contributed by atoms with Gasteiger partial charge in [0.15, 0.2) is 0 Å². The smallest absolute Gasteiger partial charge is 0.412 e. The van der Waals surface area contributed by atoms with Crippen molar-refractivity contribution in [2.24, 2.45) is 0 Å². The molecular formula is C16H22N2O3. The monoisotopic (exact) mass is 290 g/mol. The van der Waals surface area contributed by atoms with E-state index < -0.39 is 11.7 Å². The molecule has 1 saturated heterocycles. The molecule has 2 rings (SSSR count). The maximum atomic E-state index is 11.8. The van der Waals surface area contributed by atoms with Crippen molar-refractivity contribution in [2.45, 2.75) is 45.6 Å². The Morgan fingerprint density at radius 2 is 2.10 bits per heavy atom. The van der Waals surface area contributed by atoms with Gasteiger partial charge in [-0.1, -0.05) is 12.1 Å². The maximum Gasteiger partial charge on any atom is 0.412 e. The first-order valence-electron chi connectivity index (χ1n) is 7.12. The van der Waals surface area contributed by atoms with Gasteiger partial charge >= 0.3 is 6.09 Å². The molecule has 0 radical (unpaired) electrons. The molecule has 1 fully saturated rings. The molecule has 2 amide bonds. The van der Waals surface area contributed by atoms with Crippen LogP contribution in [0.3, 0.4) is 0 Å². The van der Waals surface area contributed by atoms with E-state index in [1.807, 2.05) is 45.9 Å². The topological polar surface area (TPSA) is 67.4 Å².